The molecule has 2 aromatic carbocycles. The maximum Gasteiger partial charge on any atom is 0.270 e. The molecule has 0 spiro atoms. The summed E-state index contributed by atoms with van der Waals surface area (Å²) in [5.41, 5.74) is 0.679. The first kappa shape index (κ1) is 21.2. The second-order valence-corrected chi connectivity index (χ2v) is 9.17. The molecule has 0 radical (unpaired) electrons. The van der Waals surface area contributed by atoms with Crippen LogP contribution >= 0.6 is 11.6 Å². The Kier molecular flexibility index (Phi) is 6.21. The molecule has 1 aliphatic rings. The van der Waals surface area contributed by atoms with E-state index in [0.29, 0.717) is 29.1 Å². The van der Waals surface area contributed by atoms with Gasteiger partial charge in [-0.15, -0.1) is 0 Å². The zero-order chi connectivity index (χ0) is 21.2. The van der Waals surface area contributed by atoms with Gasteiger partial charge in [0.2, 0.25) is 15.9 Å². The fourth-order valence-electron chi connectivity index (χ4n) is 3.28. The van der Waals surface area contributed by atoms with E-state index in [1.807, 2.05) is 0 Å². The molecule has 29 heavy (non-hydrogen) atoms. The number of benzene rings is 2. The number of aryl methyl sites for hydroxylation is 1. The minimum Gasteiger partial charge on any atom is -0.325 e. The van der Waals surface area contributed by atoms with Crippen molar-refractivity contribution in [3.8, 4) is 0 Å². The predicted molar refractivity (Wildman–Crippen MR) is 109 cm³/mol. The van der Waals surface area contributed by atoms with Crippen molar-refractivity contribution in [3.05, 3.63) is 63.2 Å². The van der Waals surface area contributed by atoms with Crippen LogP contribution in [0.25, 0.3) is 0 Å². The van der Waals surface area contributed by atoms with Crippen LogP contribution in [0.2, 0.25) is 5.02 Å². The summed E-state index contributed by atoms with van der Waals surface area (Å²) in [4.78, 5) is 22.8. The summed E-state index contributed by atoms with van der Waals surface area (Å²) < 4.78 is 27.2. The lowest BCUT2D eigenvalue weighted by molar-refractivity contribution is -0.385. The number of halogens is 1. The molecule has 0 atom stereocenters. The number of non-ortho nitro benzene ring substituents is 1. The number of hydrogen-bond donors (Lipinski definition) is 1. The van der Waals surface area contributed by atoms with Gasteiger partial charge in [0.05, 0.1) is 20.5 Å². The Morgan fingerprint density at radius 1 is 1.21 bits per heavy atom. The Labute approximate surface area is 173 Å². The van der Waals surface area contributed by atoms with Crippen molar-refractivity contribution in [1.29, 1.82) is 0 Å². The van der Waals surface area contributed by atoms with Gasteiger partial charge in [0.25, 0.3) is 5.69 Å². The van der Waals surface area contributed by atoms with E-state index in [1.165, 1.54) is 16.4 Å². The van der Waals surface area contributed by atoms with Crippen LogP contribution in [0.15, 0.2) is 47.4 Å². The molecule has 1 amide bonds. The number of carbonyl (C=O) groups excluding carboxylic acids is 1. The third kappa shape index (κ3) is 4.58. The standard InChI is InChI=1S/C19H20ClN3O5S/c1-13-6-7-15(23(25)26)12-18(13)29(27,28)22-10-8-14(9-11-22)19(24)21-17-5-3-2-4-16(17)20/h2-7,12,14H,8-11H2,1H3,(H,21,24). The van der Waals surface area contributed by atoms with Crippen molar-refractivity contribution >= 4 is 38.9 Å². The van der Waals surface area contributed by atoms with E-state index in [-0.39, 0.29) is 35.5 Å². The summed E-state index contributed by atoms with van der Waals surface area (Å²) in [5.74, 6) is -0.550. The van der Waals surface area contributed by atoms with Crippen molar-refractivity contribution in [1.82, 2.24) is 4.31 Å². The van der Waals surface area contributed by atoms with Crippen LogP contribution in [0, 0.1) is 23.0 Å². The number of anilines is 1. The van der Waals surface area contributed by atoms with E-state index in [0.717, 1.165) is 6.07 Å². The van der Waals surface area contributed by atoms with E-state index in [9.17, 15) is 23.3 Å². The van der Waals surface area contributed by atoms with Gasteiger partial charge in [-0.2, -0.15) is 4.31 Å². The quantitative estimate of drug-likeness (QED) is 0.567. The van der Waals surface area contributed by atoms with Gasteiger partial charge in [0.1, 0.15) is 0 Å². The topological polar surface area (TPSA) is 110 Å². The third-order valence-electron chi connectivity index (χ3n) is 4.96. The highest BCUT2D eigenvalue weighted by atomic mass is 35.5. The number of nitro groups is 1. The first-order chi connectivity index (χ1) is 13.7. The van der Waals surface area contributed by atoms with Gasteiger partial charge in [-0.3, -0.25) is 14.9 Å². The van der Waals surface area contributed by atoms with E-state index < -0.39 is 14.9 Å². The Hall–Kier alpha value is -2.49. The van der Waals surface area contributed by atoms with Gasteiger partial charge in [-0.25, -0.2) is 8.42 Å². The van der Waals surface area contributed by atoms with Crippen molar-refractivity contribution in [3.63, 3.8) is 0 Å². The average Bonchev–Trinajstić information content (AvgIpc) is 2.69. The smallest absolute Gasteiger partial charge is 0.270 e. The van der Waals surface area contributed by atoms with E-state index >= 15 is 0 Å². The van der Waals surface area contributed by atoms with Crippen LogP contribution in [0.4, 0.5) is 11.4 Å². The van der Waals surface area contributed by atoms with Crippen LogP contribution in [0.3, 0.4) is 0 Å². The van der Waals surface area contributed by atoms with E-state index in [2.05, 4.69) is 5.32 Å². The molecule has 3 rings (SSSR count). The summed E-state index contributed by atoms with van der Waals surface area (Å²) in [6, 6.07) is 10.7. The van der Waals surface area contributed by atoms with E-state index in [4.69, 9.17) is 11.6 Å². The molecule has 1 fully saturated rings. The Morgan fingerprint density at radius 2 is 1.86 bits per heavy atom. The molecule has 1 heterocycles. The molecule has 2 aromatic rings. The normalized spacial score (nSPS) is 15.8. The number of para-hydroxylation sites is 1. The van der Waals surface area contributed by atoms with Crippen LogP contribution in [-0.2, 0) is 14.8 Å². The maximum absolute atomic E-state index is 13.0. The third-order valence-corrected chi connectivity index (χ3v) is 7.33. The summed E-state index contributed by atoms with van der Waals surface area (Å²) in [5, 5.41) is 14.2. The highest BCUT2D eigenvalue weighted by Gasteiger charge is 2.33. The maximum atomic E-state index is 13.0. The number of rotatable bonds is 5. The highest BCUT2D eigenvalue weighted by molar-refractivity contribution is 7.89. The van der Waals surface area contributed by atoms with Crippen molar-refractivity contribution < 1.29 is 18.1 Å². The number of sulfonamides is 1. The molecule has 0 aromatic heterocycles. The number of piperidine rings is 1. The molecule has 1 N–H and O–H groups in total. The molecule has 10 heteroatoms. The Bertz CT molecular complexity index is 1050. The van der Waals surface area contributed by atoms with Crippen molar-refractivity contribution in [2.24, 2.45) is 5.92 Å². The summed E-state index contributed by atoms with van der Waals surface area (Å²) in [6.45, 7) is 1.91. The summed E-state index contributed by atoms with van der Waals surface area (Å²) in [7, 11) is -3.89. The SMILES string of the molecule is Cc1ccc([N+](=O)[O-])cc1S(=O)(=O)N1CCC(C(=O)Nc2ccccc2Cl)CC1. The number of carbonyl (C=O) groups is 1. The molecule has 1 saturated heterocycles. The average molecular weight is 438 g/mol. The number of nitrogens with zero attached hydrogens (tertiary/aromatic N) is 2. The molecular weight excluding hydrogens is 418 g/mol. The zero-order valence-corrected chi connectivity index (χ0v) is 17.2. The van der Waals surface area contributed by atoms with Gasteiger partial charge < -0.3 is 5.32 Å². The predicted octanol–water partition coefficient (Wildman–Crippen LogP) is 3.60. The van der Waals surface area contributed by atoms with Crippen molar-refractivity contribution in [2.45, 2.75) is 24.7 Å². The van der Waals surface area contributed by atoms with Gasteiger partial charge in [0.15, 0.2) is 0 Å². The highest BCUT2D eigenvalue weighted by Crippen LogP contribution is 2.29. The lowest BCUT2D eigenvalue weighted by Crippen LogP contribution is -2.41. The van der Waals surface area contributed by atoms with Crippen LogP contribution in [0.1, 0.15) is 18.4 Å². The van der Waals surface area contributed by atoms with Crippen LogP contribution < -0.4 is 5.32 Å². The van der Waals surface area contributed by atoms with Crippen LogP contribution in [0.5, 0.6) is 0 Å². The molecule has 1 aliphatic heterocycles. The molecule has 8 nitrogen and oxygen atoms in total. The molecule has 0 aliphatic carbocycles. The number of hydrogen-bond acceptors (Lipinski definition) is 5. The summed E-state index contributed by atoms with van der Waals surface area (Å²) in [6.07, 6.45) is 0.701. The molecule has 0 bridgehead atoms. The van der Waals surface area contributed by atoms with Gasteiger partial charge in [-0.1, -0.05) is 29.8 Å². The first-order valence-electron chi connectivity index (χ1n) is 9.00. The number of amides is 1. The Balaban J connectivity index is 1.70. The largest absolute Gasteiger partial charge is 0.325 e. The number of nitrogens with one attached hydrogen (secondary N) is 1. The molecule has 0 unspecified atom stereocenters. The van der Waals surface area contributed by atoms with Gasteiger partial charge in [0, 0.05) is 31.1 Å². The fourth-order valence-corrected chi connectivity index (χ4v) is 5.17. The first-order valence-corrected chi connectivity index (χ1v) is 10.8. The number of nitro benzene ring substituents is 1. The van der Waals surface area contributed by atoms with E-state index in [1.54, 1.807) is 31.2 Å². The Morgan fingerprint density at radius 3 is 2.48 bits per heavy atom. The molecule has 154 valence electrons. The fraction of sp³-hybridized carbons (Fsp3) is 0.316. The monoisotopic (exact) mass is 437 g/mol. The lowest BCUT2D eigenvalue weighted by atomic mass is 9.97. The van der Waals surface area contributed by atoms with Crippen molar-refractivity contribution in [2.75, 3.05) is 18.4 Å². The minimum atomic E-state index is -3.89. The minimum absolute atomic E-state index is 0.0781. The lowest BCUT2D eigenvalue weighted by Gasteiger charge is -2.31. The zero-order valence-electron chi connectivity index (χ0n) is 15.7. The van der Waals surface area contributed by atoms with Gasteiger partial charge >= 0.3 is 0 Å². The van der Waals surface area contributed by atoms with Crippen LogP contribution in [-0.4, -0.2) is 36.6 Å². The second kappa shape index (κ2) is 8.48. The molecular formula is C19H20ClN3O5S. The second-order valence-electron chi connectivity index (χ2n) is 6.85. The van der Waals surface area contributed by atoms with Gasteiger partial charge in [-0.05, 0) is 37.5 Å². The summed E-state index contributed by atoms with van der Waals surface area (Å²) >= 11 is 6.06. The molecule has 0 saturated carbocycles.